The first-order chi connectivity index (χ1) is 22.6. The molecule has 4 aromatic rings. The Morgan fingerprint density at radius 3 is 2.09 bits per heavy atom. The molecule has 0 fully saturated rings. The van der Waals surface area contributed by atoms with Gasteiger partial charge in [-0.25, -0.2) is 8.42 Å². The fourth-order valence-corrected chi connectivity index (χ4v) is 5.59. The Balaban J connectivity index is 1.56. The zero-order valence-electron chi connectivity index (χ0n) is 26.3. The van der Waals surface area contributed by atoms with E-state index in [0.29, 0.717) is 18.5 Å². The number of nitriles is 1. The van der Waals surface area contributed by atoms with Crippen molar-refractivity contribution in [3.05, 3.63) is 137 Å². The van der Waals surface area contributed by atoms with E-state index in [1.165, 1.54) is 25.1 Å². The van der Waals surface area contributed by atoms with Crippen molar-refractivity contribution in [3.63, 3.8) is 0 Å². The van der Waals surface area contributed by atoms with Gasteiger partial charge in [-0.05, 0) is 67.3 Å². The van der Waals surface area contributed by atoms with Gasteiger partial charge in [-0.2, -0.15) is 5.26 Å². The first kappa shape index (κ1) is 34.8. The van der Waals surface area contributed by atoms with Crippen LogP contribution in [-0.4, -0.2) is 49.8 Å². The lowest BCUT2D eigenvalue weighted by molar-refractivity contribution is 0.0830. The molecular weight excluding hydrogens is 614 g/mol. The first-order valence-corrected chi connectivity index (χ1v) is 17.0. The van der Waals surface area contributed by atoms with Crippen LogP contribution in [0.1, 0.15) is 62.9 Å². The van der Waals surface area contributed by atoms with Gasteiger partial charge in [0.25, 0.3) is 11.8 Å². The van der Waals surface area contributed by atoms with Crippen molar-refractivity contribution in [1.29, 1.82) is 5.26 Å². The standard InChI is InChI=1S/C36H39N5O5S/c1-3-47(45,46)41-32-20-30(35(43)39-25(2)29-15-8-5-9-16-29)19-31(21-32)36(44)40-33(18-26-11-6-4-7-12-26)34(42)24-38-23-28-14-10-13-27(17-28)22-37/h4-17,19-21,25,33-34,38,41-42H,3,18,23-24H2,1-2H3,(H,39,43)(H,40,44)/t25-,33+,34-/m1/s1. The molecule has 4 rings (SSSR count). The number of hydrogen-bond donors (Lipinski definition) is 5. The number of nitrogens with one attached hydrogen (secondary N) is 4. The lowest BCUT2D eigenvalue weighted by Crippen LogP contribution is -2.48. The van der Waals surface area contributed by atoms with Crippen LogP contribution in [0.25, 0.3) is 0 Å². The number of sulfonamides is 1. The molecule has 0 radical (unpaired) electrons. The van der Waals surface area contributed by atoms with E-state index in [4.69, 9.17) is 0 Å². The molecule has 0 unspecified atom stereocenters. The Kier molecular flexibility index (Phi) is 12.2. The number of aliphatic hydroxyl groups excluding tert-OH is 1. The normalized spacial score (nSPS) is 13.1. The summed E-state index contributed by atoms with van der Waals surface area (Å²) in [6, 6.07) is 31.1. The highest BCUT2D eigenvalue weighted by Crippen LogP contribution is 2.20. The molecule has 0 saturated heterocycles. The molecule has 11 heteroatoms. The van der Waals surface area contributed by atoms with E-state index in [0.717, 1.165) is 16.7 Å². The predicted octanol–water partition coefficient (Wildman–Crippen LogP) is 4.30. The number of carbonyl (C=O) groups is 2. The molecule has 0 aliphatic heterocycles. The van der Waals surface area contributed by atoms with Crippen molar-refractivity contribution in [2.24, 2.45) is 0 Å². The van der Waals surface area contributed by atoms with Crippen LogP contribution in [0.2, 0.25) is 0 Å². The van der Waals surface area contributed by atoms with Crippen LogP contribution >= 0.6 is 0 Å². The minimum Gasteiger partial charge on any atom is -0.390 e. The maximum absolute atomic E-state index is 13.7. The van der Waals surface area contributed by atoms with Crippen LogP contribution in [-0.2, 0) is 23.0 Å². The van der Waals surface area contributed by atoms with Crippen molar-refractivity contribution in [3.8, 4) is 6.07 Å². The van der Waals surface area contributed by atoms with Crippen molar-refractivity contribution in [1.82, 2.24) is 16.0 Å². The molecule has 3 atom stereocenters. The molecule has 5 N–H and O–H groups in total. The Bertz CT molecular complexity index is 1810. The fourth-order valence-electron chi connectivity index (χ4n) is 4.97. The molecule has 4 aromatic carbocycles. The number of aliphatic hydroxyl groups is 1. The molecule has 0 spiro atoms. The van der Waals surface area contributed by atoms with E-state index in [1.807, 2.05) is 73.7 Å². The van der Waals surface area contributed by atoms with Crippen LogP contribution in [0.3, 0.4) is 0 Å². The van der Waals surface area contributed by atoms with Gasteiger partial charge in [0, 0.05) is 24.2 Å². The van der Waals surface area contributed by atoms with Gasteiger partial charge in [0.2, 0.25) is 10.0 Å². The van der Waals surface area contributed by atoms with Gasteiger partial charge < -0.3 is 21.1 Å². The van der Waals surface area contributed by atoms with Gasteiger partial charge in [-0.1, -0.05) is 72.8 Å². The van der Waals surface area contributed by atoms with Crippen molar-refractivity contribution in [2.45, 2.75) is 45.0 Å². The summed E-state index contributed by atoms with van der Waals surface area (Å²) in [6.07, 6.45) is -0.710. The molecule has 244 valence electrons. The molecular formula is C36H39N5O5S. The highest BCUT2D eigenvalue weighted by molar-refractivity contribution is 7.92. The van der Waals surface area contributed by atoms with E-state index in [1.54, 1.807) is 18.2 Å². The largest absolute Gasteiger partial charge is 0.390 e. The predicted molar refractivity (Wildman–Crippen MR) is 182 cm³/mol. The maximum Gasteiger partial charge on any atom is 0.251 e. The van der Waals surface area contributed by atoms with Gasteiger partial charge in [0.1, 0.15) is 0 Å². The lowest BCUT2D eigenvalue weighted by Gasteiger charge is -2.25. The number of nitrogens with zero attached hydrogens (tertiary/aromatic N) is 1. The van der Waals surface area contributed by atoms with Crippen LogP contribution in [0.4, 0.5) is 5.69 Å². The van der Waals surface area contributed by atoms with Crippen LogP contribution < -0.4 is 20.7 Å². The number of hydrogen-bond acceptors (Lipinski definition) is 7. The molecule has 0 bridgehead atoms. The molecule has 0 aliphatic rings. The summed E-state index contributed by atoms with van der Waals surface area (Å²) in [7, 11) is -3.72. The van der Waals surface area contributed by atoms with Gasteiger partial charge in [0.05, 0.1) is 41.3 Å². The Hall–Kier alpha value is -5.02. The van der Waals surface area contributed by atoms with Gasteiger partial charge in [0.15, 0.2) is 0 Å². The maximum atomic E-state index is 13.7. The third kappa shape index (κ3) is 10.5. The molecule has 0 heterocycles. The zero-order valence-corrected chi connectivity index (χ0v) is 27.1. The van der Waals surface area contributed by atoms with Gasteiger partial charge in [-0.15, -0.1) is 0 Å². The van der Waals surface area contributed by atoms with Crippen molar-refractivity contribution >= 4 is 27.5 Å². The smallest absolute Gasteiger partial charge is 0.251 e. The zero-order chi connectivity index (χ0) is 33.8. The number of benzene rings is 4. The van der Waals surface area contributed by atoms with Crippen LogP contribution in [0, 0.1) is 11.3 Å². The Labute approximate surface area is 275 Å². The molecule has 0 aromatic heterocycles. The van der Waals surface area contributed by atoms with Crippen LogP contribution in [0.5, 0.6) is 0 Å². The Morgan fingerprint density at radius 1 is 0.830 bits per heavy atom. The van der Waals surface area contributed by atoms with E-state index in [9.17, 15) is 28.4 Å². The van der Waals surface area contributed by atoms with Gasteiger partial charge in [-0.3, -0.25) is 14.3 Å². The highest BCUT2D eigenvalue weighted by atomic mass is 32.2. The third-order valence-electron chi connectivity index (χ3n) is 7.58. The second-order valence-corrected chi connectivity index (χ2v) is 13.2. The highest BCUT2D eigenvalue weighted by Gasteiger charge is 2.24. The van der Waals surface area contributed by atoms with E-state index in [-0.39, 0.29) is 35.2 Å². The van der Waals surface area contributed by atoms with Gasteiger partial charge >= 0.3 is 0 Å². The summed E-state index contributed by atoms with van der Waals surface area (Å²) in [6.45, 7) is 3.85. The fraction of sp³-hybridized carbons (Fsp3) is 0.250. The average molecular weight is 654 g/mol. The summed E-state index contributed by atoms with van der Waals surface area (Å²) in [4.78, 5) is 27.1. The van der Waals surface area contributed by atoms with Crippen molar-refractivity contribution in [2.75, 3.05) is 17.0 Å². The summed E-state index contributed by atoms with van der Waals surface area (Å²) >= 11 is 0. The van der Waals surface area contributed by atoms with E-state index >= 15 is 0 Å². The van der Waals surface area contributed by atoms with E-state index < -0.39 is 34.0 Å². The molecule has 2 amide bonds. The van der Waals surface area contributed by atoms with Crippen molar-refractivity contribution < 1.29 is 23.1 Å². The lowest BCUT2D eigenvalue weighted by atomic mass is 10.00. The minimum absolute atomic E-state index is 0.0466. The number of amides is 2. The molecule has 47 heavy (non-hydrogen) atoms. The molecule has 0 saturated carbocycles. The summed E-state index contributed by atoms with van der Waals surface area (Å²) in [5, 5.41) is 29.4. The van der Waals surface area contributed by atoms with Crippen LogP contribution in [0.15, 0.2) is 103 Å². The summed E-state index contributed by atoms with van der Waals surface area (Å²) in [5.74, 6) is -1.28. The quantitative estimate of drug-likeness (QED) is 0.128. The summed E-state index contributed by atoms with van der Waals surface area (Å²) in [5.41, 5.74) is 3.38. The second kappa shape index (κ2) is 16.5. The number of carbonyl (C=O) groups excluding carboxylic acids is 2. The average Bonchev–Trinajstić information content (AvgIpc) is 3.08. The topological polar surface area (TPSA) is 160 Å². The molecule has 0 aliphatic carbocycles. The Morgan fingerprint density at radius 2 is 1.45 bits per heavy atom. The second-order valence-electron chi connectivity index (χ2n) is 11.2. The number of rotatable bonds is 15. The summed E-state index contributed by atoms with van der Waals surface area (Å²) < 4.78 is 27.3. The third-order valence-corrected chi connectivity index (χ3v) is 8.88. The minimum atomic E-state index is -3.72. The first-order valence-electron chi connectivity index (χ1n) is 15.3. The van der Waals surface area contributed by atoms with E-state index in [2.05, 4.69) is 26.7 Å². The number of anilines is 1. The SMILES string of the molecule is CCS(=O)(=O)Nc1cc(C(=O)N[C@@H](Cc2ccccc2)[C@H](O)CNCc2cccc(C#N)c2)cc(C(=O)N[C@H](C)c2ccccc2)c1. The monoisotopic (exact) mass is 653 g/mol. The molecule has 10 nitrogen and oxygen atoms in total.